The zero-order valence-electron chi connectivity index (χ0n) is 7.28. The molecule has 3 heteroatoms. The van der Waals surface area contributed by atoms with Gasteiger partial charge in [-0.3, -0.25) is 0 Å². The van der Waals surface area contributed by atoms with E-state index in [9.17, 15) is 4.39 Å². The standard InChI is InChI=1S/C8H17FN2/c1-8(2,9)6-11-7-3-4-10-5-7/h7,10-11H,3-6H2,1-2H3. The van der Waals surface area contributed by atoms with E-state index in [1.54, 1.807) is 13.8 Å². The van der Waals surface area contributed by atoms with Gasteiger partial charge in [0.1, 0.15) is 5.67 Å². The van der Waals surface area contributed by atoms with Crippen molar-refractivity contribution in [3.05, 3.63) is 0 Å². The topological polar surface area (TPSA) is 24.1 Å². The van der Waals surface area contributed by atoms with Crippen molar-refractivity contribution in [2.24, 2.45) is 0 Å². The highest BCUT2D eigenvalue weighted by atomic mass is 19.1. The highest BCUT2D eigenvalue weighted by Crippen LogP contribution is 2.07. The van der Waals surface area contributed by atoms with Gasteiger partial charge in [-0.25, -0.2) is 4.39 Å². The van der Waals surface area contributed by atoms with Crippen molar-refractivity contribution in [2.45, 2.75) is 32.0 Å². The van der Waals surface area contributed by atoms with Crippen molar-refractivity contribution in [3.8, 4) is 0 Å². The summed E-state index contributed by atoms with van der Waals surface area (Å²) in [6.07, 6.45) is 1.12. The van der Waals surface area contributed by atoms with Gasteiger partial charge in [-0.15, -0.1) is 0 Å². The molecule has 66 valence electrons. The first-order chi connectivity index (χ1) is 5.08. The molecule has 0 bridgehead atoms. The fourth-order valence-corrected chi connectivity index (χ4v) is 1.22. The smallest absolute Gasteiger partial charge is 0.117 e. The average molecular weight is 160 g/mol. The maximum Gasteiger partial charge on any atom is 0.117 e. The Morgan fingerprint density at radius 1 is 1.64 bits per heavy atom. The molecule has 0 aromatic carbocycles. The molecule has 1 aliphatic heterocycles. The molecule has 1 rings (SSSR count). The summed E-state index contributed by atoms with van der Waals surface area (Å²) < 4.78 is 13.0. The van der Waals surface area contributed by atoms with Crippen LogP contribution in [0.4, 0.5) is 4.39 Å². The van der Waals surface area contributed by atoms with E-state index in [0.29, 0.717) is 12.6 Å². The summed E-state index contributed by atoms with van der Waals surface area (Å²) in [6.45, 7) is 5.70. The predicted octanol–water partition coefficient (Wildman–Crippen LogP) is 0.686. The lowest BCUT2D eigenvalue weighted by Gasteiger charge is -2.18. The van der Waals surface area contributed by atoms with Gasteiger partial charge < -0.3 is 10.6 Å². The Labute approximate surface area is 67.6 Å². The van der Waals surface area contributed by atoms with E-state index in [4.69, 9.17) is 0 Å². The summed E-state index contributed by atoms with van der Waals surface area (Å²) >= 11 is 0. The fourth-order valence-electron chi connectivity index (χ4n) is 1.22. The molecule has 0 aromatic heterocycles. The van der Waals surface area contributed by atoms with Crippen LogP contribution >= 0.6 is 0 Å². The third kappa shape index (κ3) is 3.68. The highest BCUT2D eigenvalue weighted by molar-refractivity contribution is 4.80. The normalized spacial score (nSPS) is 25.9. The molecule has 1 heterocycles. The van der Waals surface area contributed by atoms with Crippen molar-refractivity contribution >= 4 is 0 Å². The lowest BCUT2D eigenvalue weighted by Crippen LogP contribution is -2.39. The number of alkyl halides is 1. The summed E-state index contributed by atoms with van der Waals surface area (Å²) in [7, 11) is 0. The van der Waals surface area contributed by atoms with Gasteiger partial charge in [0.25, 0.3) is 0 Å². The molecule has 0 aromatic rings. The first-order valence-electron chi connectivity index (χ1n) is 4.21. The van der Waals surface area contributed by atoms with Crippen LogP contribution in [0.2, 0.25) is 0 Å². The van der Waals surface area contributed by atoms with Gasteiger partial charge in [-0.05, 0) is 26.8 Å². The lowest BCUT2D eigenvalue weighted by atomic mass is 10.1. The van der Waals surface area contributed by atoms with Crippen LogP contribution in [0.5, 0.6) is 0 Å². The number of nitrogens with one attached hydrogen (secondary N) is 2. The van der Waals surface area contributed by atoms with Gasteiger partial charge in [0, 0.05) is 19.1 Å². The van der Waals surface area contributed by atoms with Crippen LogP contribution in [0.3, 0.4) is 0 Å². The molecule has 0 spiro atoms. The van der Waals surface area contributed by atoms with Crippen molar-refractivity contribution in [3.63, 3.8) is 0 Å². The quantitative estimate of drug-likeness (QED) is 0.634. The number of hydrogen-bond acceptors (Lipinski definition) is 2. The molecular weight excluding hydrogens is 143 g/mol. The van der Waals surface area contributed by atoms with E-state index in [-0.39, 0.29) is 0 Å². The monoisotopic (exact) mass is 160 g/mol. The van der Waals surface area contributed by atoms with Crippen molar-refractivity contribution in [1.82, 2.24) is 10.6 Å². The highest BCUT2D eigenvalue weighted by Gasteiger charge is 2.19. The van der Waals surface area contributed by atoms with E-state index in [0.717, 1.165) is 19.5 Å². The van der Waals surface area contributed by atoms with Crippen LogP contribution in [0.1, 0.15) is 20.3 Å². The maximum absolute atomic E-state index is 13.0. The Morgan fingerprint density at radius 3 is 2.82 bits per heavy atom. The van der Waals surface area contributed by atoms with Crippen LogP contribution in [-0.2, 0) is 0 Å². The second-order valence-corrected chi connectivity index (χ2v) is 3.79. The third-order valence-electron chi connectivity index (χ3n) is 1.87. The Morgan fingerprint density at radius 2 is 2.36 bits per heavy atom. The molecule has 1 saturated heterocycles. The molecule has 2 N–H and O–H groups in total. The molecular formula is C8H17FN2. The van der Waals surface area contributed by atoms with Crippen molar-refractivity contribution in [1.29, 1.82) is 0 Å². The molecule has 1 unspecified atom stereocenters. The largest absolute Gasteiger partial charge is 0.315 e. The molecule has 1 atom stereocenters. The van der Waals surface area contributed by atoms with Crippen LogP contribution in [0.25, 0.3) is 0 Å². The minimum atomic E-state index is -1.08. The second-order valence-electron chi connectivity index (χ2n) is 3.79. The fraction of sp³-hybridized carbons (Fsp3) is 1.00. The summed E-state index contributed by atoms with van der Waals surface area (Å²) in [5, 5.41) is 6.41. The molecule has 0 amide bonds. The maximum atomic E-state index is 13.0. The van der Waals surface area contributed by atoms with Crippen LogP contribution in [-0.4, -0.2) is 31.3 Å². The van der Waals surface area contributed by atoms with Crippen LogP contribution in [0.15, 0.2) is 0 Å². The van der Waals surface area contributed by atoms with Crippen molar-refractivity contribution < 1.29 is 4.39 Å². The van der Waals surface area contributed by atoms with E-state index >= 15 is 0 Å². The minimum Gasteiger partial charge on any atom is -0.315 e. The average Bonchev–Trinajstić information content (AvgIpc) is 2.32. The molecule has 1 aliphatic rings. The number of halogens is 1. The summed E-state index contributed by atoms with van der Waals surface area (Å²) in [4.78, 5) is 0. The first kappa shape index (κ1) is 8.94. The molecule has 1 fully saturated rings. The molecule has 0 saturated carbocycles. The first-order valence-corrected chi connectivity index (χ1v) is 4.21. The van der Waals surface area contributed by atoms with Gasteiger partial charge >= 0.3 is 0 Å². The second kappa shape index (κ2) is 3.50. The SMILES string of the molecule is CC(C)(F)CNC1CCNC1. The summed E-state index contributed by atoms with van der Waals surface area (Å²) in [5.74, 6) is 0. The minimum absolute atomic E-state index is 0.458. The molecule has 2 nitrogen and oxygen atoms in total. The van der Waals surface area contributed by atoms with Gasteiger partial charge in [-0.2, -0.15) is 0 Å². The van der Waals surface area contributed by atoms with E-state index in [2.05, 4.69) is 10.6 Å². The third-order valence-corrected chi connectivity index (χ3v) is 1.87. The Balaban J connectivity index is 2.11. The van der Waals surface area contributed by atoms with E-state index in [1.165, 1.54) is 0 Å². The Hall–Kier alpha value is -0.150. The molecule has 0 aliphatic carbocycles. The zero-order valence-corrected chi connectivity index (χ0v) is 7.28. The van der Waals surface area contributed by atoms with Crippen LogP contribution < -0.4 is 10.6 Å². The number of rotatable bonds is 3. The summed E-state index contributed by atoms with van der Waals surface area (Å²) in [6, 6.07) is 0.477. The van der Waals surface area contributed by atoms with E-state index < -0.39 is 5.67 Å². The van der Waals surface area contributed by atoms with Gasteiger partial charge in [0.15, 0.2) is 0 Å². The lowest BCUT2D eigenvalue weighted by molar-refractivity contribution is 0.204. The predicted molar refractivity (Wildman–Crippen MR) is 44.5 cm³/mol. The zero-order chi connectivity index (χ0) is 8.32. The Kier molecular flexibility index (Phi) is 2.84. The van der Waals surface area contributed by atoms with E-state index in [1.807, 2.05) is 0 Å². The Bertz CT molecular complexity index is 114. The summed E-state index contributed by atoms with van der Waals surface area (Å²) in [5.41, 5.74) is -1.08. The van der Waals surface area contributed by atoms with Crippen LogP contribution in [0, 0.1) is 0 Å². The van der Waals surface area contributed by atoms with Gasteiger partial charge in [-0.1, -0.05) is 0 Å². The van der Waals surface area contributed by atoms with Gasteiger partial charge in [0.05, 0.1) is 0 Å². The molecule has 0 radical (unpaired) electrons. The van der Waals surface area contributed by atoms with Crippen molar-refractivity contribution in [2.75, 3.05) is 19.6 Å². The number of hydrogen-bond donors (Lipinski definition) is 2. The van der Waals surface area contributed by atoms with Gasteiger partial charge in [0.2, 0.25) is 0 Å². The molecule has 11 heavy (non-hydrogen) atoms.